The number of nitro groups is 1. The topological polar surface area (TPSA) is 142 Å². The summed E-state index contributed by atoms with van der Waals surface area (Å²) >= 11 is 6.04. The van der Waals surface area contributed by atoms with Gasteiger partial charge in [-0.1, -0.05) is 96.4 Å². The Balaban J connectivity index is 0.00000504. The van der Waals surface area contributed by atoms with Crippen molar-refractivity contribution in [2.24, 2.45) is 5.92 Å². The molecule has 51 heavy (non-hydrogen) atoms. The molecule has 1 aliphatic heterocycles. The fourth-order valence-electron chi connectivity index (χ4n) is 6.05. The summed E-state index contributed by atoms with van der Waals surface area (Å²) in [5.41, 5.74) is 0.691. The van der Waals surface area contributed by atoms with Crippen molar-refractivity contribution >= 4 is 64.4 Å². The van der Waals surface area contributed by atoms with Gasteiger partial charge in [0.15, 0.2) is 6.10 Å². The molecule has 1 aliphatic rings. The number of rotatable bonds is 11. The summed E-state index contributed by atoms with van der Waals surface area (Å²) in [7, 11) is 0. The van der Waals surface area contributed by atoms with Gasteiger partial charge in [0.2, 0.25) is 5.91 Å². The number of non-ortho nitro benzene ring substituents is 1. The number of nitrogens with zero attached hydrogens (tertiary/aromatic N) is 4. The van der Waals surface area contributed by atoms with Gasteiger partial charge in [0.05, 0.1) is 10.8 Å². The predicted octanol–water partition coefficient (Wildman–Crippen LogP) is 4.19. The first-order valence-corrected chi connectivity index (χ1v) is 17.8. The number of β-lactam (4-membered cyclic amide) rings is 1. The standard InChI is InChI=1S/C37H31N4O7PS.Ag/c1-25(42)48-33(31-18-11-23-38-39-31)32-34(43)40(36(32)50)35(37(44)47-24-26-19-21-27(22-20-26)41(45)46)49(28-12-5-2-6-13-28,29-14-7-3-8-15-29)30-16-9-4-10-17-30;/h2-23,32-33,36,50H,24H2,1H3;/q;+1/p-1. The summed E-state index contributed by atoms with van der Waals surface area (Å²) in [5.74, 6) is -3.04. The molecule has 0 spiro atoms. The molecule has 0 aliphatic carbocycles. The van der Waals surface area contributed by atoms with Gasteiger partial charge in [-0.3, -0.25) is 19.7 Å². The molecule has 262 valence electrons. The van der Waals surface area contributed by atoms with Crippen molar-refractivity contribution in [1.82, 2.24) is 15.1 Å². The Labute approximate surface area is 315 Å². The van der Waals surface area contributed by atoms with Crippen LogP contribution in [-0.4, -0.2) is 48.7 Å². The number of amides is 1. The number of carbonyl (C=O) groups is 3. The van der Waals surface area contributed by atoms with Crippen LogP contribution < -0.4 is 15.9 Å². The monoisotopic (exact) mass is 812 g/mol. The Hall–Kier alpha value is -4.84. The van der Waals surface area contributed by atoms with Crippen LogP contribution in [0.2, 0.25) is 0 Å². The van der Waals surface area contributed by atoms with Crippen molar-refractivity contribution in [3.05, 3.63) is 155 Å². The first-order chi connectivity index (χ1) is 24.2. The number of esters is 2. The first kappa shape index (κ1) is 37.4. The van der Waals surface area contributed by atoms with Crippen LogP contribution >= 0.6 is 6.89 Å². The summed E-state index contributed by atoms with van der Waals surface area (Å²) < 4.78 is 11.6. The van der Waals surface area contributed by atoms with Gasteiger partial charge in [-0.15, -0.1) is 0 Å². The van der Waals surface area contributed by atoms with E-state index in [1.165, 1.54) is 42.3 Å². The molecule has 0 bridgehead atoms. The molecule has 1 aromatic heterocycles. The zero-order valence-corrected chi connectivity index (χ0v) is 30.1. The number of hydrogen-bond donors (Lipinski definition) is 0. The minimum atomic E-state index is -3.26. The summed E-state index contributed by atoms with van der Waals surface area (Å²) in [6.07, 6.45) is 0.308. The van der Waals surface area contributed by atoms with Gasteiger partial charge in [0.1, 0.15) is 17.7 Å². The number of nitro benzene ring substituents is 1. The molecule has 6 rings (SSSR count). The molecule has 5 aromatic rings. The average molecular weight is 814 g/mol. The van der Waals surface area contributed by atoms with Crippen LogP contribution in [0, 0.1) is 16.0 Å². The van der Waals surface area contributed by atoms with Crippen molar-refractivity contribution in [3.63, 3.8) is 0 Å². The number of likely N-dealkylation sites (tertiary alicyclic amines) is 1. The zero-order chi connectivity index (χ0) is 35.3. The van der Waals surface area contributed by atoms with E-state index in [-0.39, 0.29) is 45.8 Å². The summed E-state index contributed by atoms with van der Waals surface area (Å²) in [4.78, 5) is 53.7. The Morgan fingerprint density at radius 1 is 0.863 bits per heavy atom. The zero-order valence-electron chi connectivity index (χ0n) is 26.9. The Morgan fingerprint density at radius 2 is 1.39 bits per heavy atom. The second kappa shape index (κ2) is 16.5. The number of hydrogen-bond acceptors (Lipinski definition) is 10. The molecule has 4 aromatic carbocycles. The minimum Gasteiger partial charge on any atom is -0.767 e. The molecular weight excluding hydrogens is 783 g/mol. The van der Waals surface area contributed by atoms with E-state index in [0.29, 0.717) is 5.56 Å². The van der Waals surface area contributed by atoms with Gasteiger partial charge in [0.25, 0.3) is 5.69 Å². The van der Waals surface area contributed by atoms with Gasteiger partial charge in [0, 0.05) is 32.1 Å². The number of ether oxygens (including phenoxy) is 2. The van der Waals surface area contributed by atoms with E-state index in [4.69, 9.17) is 22.1 Å². The second-order valence-electron chi connectivity index (χ2n) is 11.3. The normalized spacial score (nSPS) is 15.8. The smallest absolute Gasteiger partial charge is 0.767 e. The van der Waals surface area contributed by atoms with E-state index in [1.807, 2.05) is 91.0 Å². The van der Waals surface area contributed by atoms with Gasteiger partial charge in [-0.05, 0) is 45.7 Å². The third-order valence-electron chi connectivity index (χ3n) is 8.26. The van der Waals surface area contributed by atoms with Gasteiger partial charge < -0.3 is 27.0 Å². The number of benzene rings is 4. The van der Waals surface area contributed by atoms with Crippen LogP contribution in [0.4, 0.5) is 5.69 Å². The van der Waals surface area contributed by atoms with Crippen LogP contribution in [0.5, 0.6) is 0 Å². The molecule has 3 unspecified atom stereocenters. The van der Waals surface area contributed by atoms with E-state index in [1.54, 1.807) is 12.1 Å². The van der Waals surface area contributed by atoms with Crippen molar-refractivity contribution in [3.8, 4) is 0 Å². The molecule has 0 radical (unpaired) electrons. The van der Waals surface area contributed by atoms with Gasteiger partial charge >= 0.3 is 34.3 Å². The molecule has 11 nitrogen and oxygen atoms in total. The van der Waals surface area contributed by atoms with Crippen LogP contribution in [0.1, 0.15) is 24.3 Å². The fraction of sp³-hybridized carbons (Fsp3) is 0.135. The van der Waals surface area contributed by atoms with Gasteiger partial charge in [-0.25, -0.2) is 4.79 Å². The maximum atomic E-state index is 14.8. The Kier molecular flexibility index (Phi) is 12.1. The van der Waals surface area contributed by atoms with E-state index in [0.717, 1.165) is 15.9 Å². The third-order valence-corrected chi connectivity index (χ3v) is 13.0. The van der Waals surface area contributed by atoms with Crippen molar-refractivity contribution in [2.75, 3.05) is 0 Å². The van der Waals surface area contributed by atoms with E-state index < -0.39 is 47.1 Å². The predicted molar refractivity (Wildman–Crippen MR) is 191 cm³/mol. The van der Waals surface area contributed by atoms with Crippen LogP contribution in [0.3, 0.4) is 0 Å². The van der Waals surface area contributed by atoms with E-state index in [2.05, 4.69) is 10.2 Å². The molecule has 1 fully saturated rings. The number of aromatic nitrogens is 2. The quantitative estimate of drug-likeness (QED) is 0.0363. The van der Waals surface area contributed by atoms with Crippen molar-refractivity contribution in [1.29, 1.82) is 0 Å². The van der Waals surface area contributed by atoms with E-state index in [9.17, 15) is 24.5 Å². The Morgan fingerprint density at radius 3 is 1.82 bits per heavy atom. The third kappa shape index (κ3) is 7.46. The molecule has 2 heterocycles. The minimum absolute atomic E-state index is 0. The molecule has 1 saturated heterocycles. The van der Waals surface area contributed by atoms with Crippen molar-refractivity contribution < 1.29 is 51.2 Å². The maximum absolute atomic E-state index is 14.8. The second-order valence-corrected chi connectivity index (χ2v) is 15.1. The fourth-order valence-corrected chi connectivity index (χ4v) is 11.0. The van der Waals surface area contributed by atoms with Gasteiger partial charge in [-0.2, -0.15) is 10.2 Å². The van der Waals surface area contributed by atoms with Crippen LogP contribution in [0.15, 0.2) is 134 Å². The molecule has 1 amide bonds. The maximum Gasteiger partial charge on any atom is 1.00 e. The van der Waals surface area contributed by atoms with Crippen LogP contribution in [-0.2, 0) is 65.5 Å². The molecular formula is C37H30AgN4O7PS. The molecule has 0 saturated carbocycles. The SMILES string of the molecule is CC(=O)OC(c1cccnn1)C1C(=O)N(C(C(=O)OCc2ccc([N+](=O)[O-])cc2)=P(c2ccccc2)(c2ccccc2)c2ccccc2)C1[S-].[Ag+]. The first-order valence-electron chi connectivity index (χ1n) is 15.5. The summed E-state index contributed by atoms with van der Waals surface area (Å²) in [6, 6.07) is 37.2. The molecule has 14 heteroatoms. The number of carbonyl (C=O) groups excluding carboxylic acids is 3. The molecule has 3 atom stereocenters. The molecule has 0 N–H and O–H groups in total. The Bertz CT molecular complexity index is 1970. The summed E-state index contributed by atoms with van der Waals surface area (Å²) in [5, 5.41) is 20.5. The van der Waals surface area contributed by atoms with Crippen LogP contribution in [0.25, 0.3) is 0 Å². The summed E-state index contributed by atoms with van der Waals surface area (Å²) in [6.45, 7) is -2.26. The van der Waals surface area contributed by atoms with Crippen molar-refractivity contribution in [2.45, 2.75) is 25.0 Å². The average Bonchev–Trinajstić information content (AvgIpc) is 3.15. The largest absolute Gasteiger partial charge is 1.00 e. The van der Waals surface area contributed by atoms with E-state index >= 15 is 0 Å².